The first kappa shape index (κ1) is 23.1. The Labute approximate surface area is 193 Å². The van der Waals surface area contributed by atoms with E-state index in [0.717, 1.165) is 9.25 Å². The zero-order valence-corrected chi connectivity index (χ0v) is 18.8. The molecule has 0 atom stereocenters. The smallest absolute Gasteiger partial charge is 0.352 e. The van der Waals surface area contributed by atoms with Crippen LogP contribution < -0.4 is 11.2 Å². The van der Waals surface area contributed by atoms with Crippen LogP contribution >= 0.6 is 0 Å². The molecule has 0 bridgehead atoms. The second kappa shape index (κ2) is 9.81. The van der Waals surface area contributed by atoms with Gasteiger partial charge in [-0.15, -0.1) is 0 Å². The molecule has 0 unspecified atom stereocenters. The van der Waals surface area contributed by atoms with Crippen molar-refractivity contribution >= 4 is 11.9 Å². The average molecular weight is 468 g/mol. The molecule has 0 radical (unpaired) electrons. The number of benzene rings is 1. The molecule has 3 heterocycles. The summed E-state index contributed by atoms with van der Waals surface area (Å²) in [5.74, 6) is -1.51. The summed E-state index contributed by atoms with van der Waals surface area (Å²) in [6.45, 7) is 4.50. The monoisotopic (exact) mass is 468 g/mol. The first-order valence-electron chi connectivity index (χ1n) is 11.0. The van der Waals surface area contributed by atoms with E-state index in [2.05, 4.69) is 15.2 Å². The van der Waals surface area contributed by atoms with Crippen LogP contribution in [-0.2, 0) is 16.1 Å². The molecule has 34 heavy (non-hydrogen) atoms. The highest BCUT2D eigenvalue weighted by Gasteiger charge is 2.31. The molecule has 0 saturated carbocycles. The molecule has 12 nitrogen and oxygen atoms in total. The first-order valence-corrected chi connectivity index (χ1v) is 11.0. The summed E-state index contributed by atoms with van der Waals surface area (Å²) in [6, 6.07) is 8.61. The van der Waals surface area contributed by atoms with Crippen LogP contribution in [0.1, 0.15) is 37.4 Å². The third kappa shape index (κ3) is 4.38. The van der Waals surface area contributed by atoms with Crippen LogP contribution in [-0.4, -0.2) is 61.0 Å². The van der Waals surface area contributed by atoms with Gasteiger partial charge in [0.2, 0.25) is 5.82 Å². The highest BCUT2D eigenvalue weighted by Crippen LogP contribution is 2.20. The summed E-state index contributed by atoms with van der Waals surface area (Å²) in [7, 11) is 0. The van der Waals surface area contributed by atoms with Gasteiger partial charge in [0.05, 0.1) is 18.2 Å². The molecular weight excluding hydrogens is 444 g/mol. The molecule has 12 heteroatoms. The zero-order valence-electron chi connectivity index (χ0n) is 18.8. The SMILES string of the molecule is CCOC(=O)C1CCN(C(=O)c2nc(-c3nn(-c4ccccc4)c(=O)n(CC)c3=O)no2)CC1. The summed E-state index contributed by atoms with van der Waals surface area (Å²) in [4.78, 5) is 56.0. The van der Waals surface area contributed by atoms with Crippen LogP contribution in [0.25, 0.3) is 17.2 Å². The highest BCUT2D eigenvalue weighted by molar-refractivity contribution is 5.90. The van der Waals surface area contributed by atoms with Crippen LogP contribution in [0, 0.1) is 5.92 Å². The summed E-state index contributed by atoms with van der Waals surface area (Å²) in [5.41, 5.74) is -1.05. The van der Waals surface area contributed by atoms with Crippen molar-refractivity contribution in [2.24, 2.45) is 5.92 Å². The largest absolute Gasteiger partial charge is 0.466 e. The Kier molecular flexibility index (Phi) is 6.66. The Morgan fingerprint density at radius 1 is 1.12 bits per heavy atom. The number of likely N-dealkylation sites (tertiary alicyclic amines) is 1. The molecule has 1 fully saturated rings. The molecule has 0 N–H and O–H groups in total. The van der Waals surface area contributed by atoms with Gasteiger partial charge >= 0.3 is 23.5 Å². The third-order valence-electron chi connectivity index (χ3n) is 5.60. The molecule has 2 aromatic heterocycles. The molecule has 3 aromatic rings. The lowest BCUT2D eigenvalue weighted by molar-refractivity contribution is -0.149. The molecule has 1 saturated heterocycles. The summed E-state index contributed by atoms with van der Waals surface area (Å²) in [6.07, 6.45) is 0.937. The molecule has 178 valence electrons. The van der Waals surface area contributed by atoms with Crippen LogP contribution in [0.4, 0.5) is 0 Å². The lowest BCUT2D eigenvalue weighted by Gasteiger charge is -2.29. The topological polar surface area (TPSA) is 142 Å². The van der Waals surface area contributed by atoms with E-state index in [1.54, 1.807) is 44.2 Å². The fourth-order valence-electron chi connectivity index (χ4n) is 3.79. The Morgan fingerprint density at radius 2 is 1.82 bits per heavy atom. The summed E-state index contributed by atoms with van der Waals surface area (Å²) >= 11 is 0. The normalized spacial score (nSPS) is 14.2. The lowest BCUT2D eigenvalue weighted by atomic mass is 9.97. The van der Waals surface area contributed by atoms with E-state index in [1.165, 1.54) is 4.90 Å². The molecule has 0 spiro atoms. The van der Waals surface area contributed by atoms with Crippen molar-refractivity contribution in [3.8, 4) is 17.2 Å². The minimum absolute atomic E-state index is 0.110. The van der Waals surface area contributed by atoms with Gasteiger partial charge in [-0.25, -0.2) is 4.79 Å². The number of esters is 1. The maximum absolute atomic E-state index is 12.9. The number of piperidine rings is 1. The maximum Gasteiger partial charge on any atom is 0.352 e. The fourth-order valence-corrected chi connectivity index (χ4v) is 3.79. The van der Waals surface area contributed by atoms with E-state index >= 15 is 0 Å². The number of ether oxygens (including phenoxy) is 1. The van der Waals surface area contributed by atoms with Crippen LogP contribution in [0.5, 0.6) is 0 Å². The van der Waals surface area contributed by atoms with Gasteiger partial charge in [-0.3, -0.25) is 19.0 Å². The molecule has 0 aliphatic carbocycles. The maximum atomic E-state index is 12.9. The van der Waals surface area contributed by atoms with E-state index in [-0.39, 0.29) is 35.8 Å². The highest BCUT2D eigenvalue weighted by atomic mass is 16.5. The lowest BCUT2D eigenvalue weighted by Crippen LogP contribution is -2.41. The average Bonchev–Trinajstić information content (AvgIpc) is 3.35. The van der Waals surface area contributed by atoms with E-state index in [0.29, 0.717) is 38.2 Å². The van der Waals surface area contributed by atoms with Crippen molar-refractivity contribution in [1.82, 2.24) is 29.4 Å². The van der Waals surface area contributed by atoms with Gasteiger partial charge < -0.3 is 14.2 Å². The Morgan fingerprint density at radius 3 is 2.47 bits per heavy atom. The van der Waals surface area contributed by atoms with E-state index in [1.807, 2.05) is 0 Å². The first-order chi connectivity index (χ1) is 16.4. The second-order valence-corrected chi connectivity index (χ2v) is 7.67. The van der Waals surface area contributed by atoms with Crippen molar-refractivity contribution in [3.63, 3.8) is 0 Å². The predicted molar refractivity (Wildman–Crippen MR) is 118 cm³/mol. The predicted octanol–water partition coefficient (Wildman–Crippen LogP) is 0.879. The van der Waals surface area contributed by atoms with Gasteiger partial charge in [0.25, 0.3) is 5.56 Å². The standard InChI is InChI=1S/C22H24N6O6/c1-3-27-19(29)16(24-28(22(27)32)15-8-6-5-7-9-15)17-23-18(34-25-17)20(30)26-12-10-14(11-13-26)21(31)33-4-2/h5-9,14H,3-4,10-13H2,1-2H3. The van der Waals surface area contributed by atoms with E-state index in [4.69, 9.17) is 9.26 Å². The summed E-state index contributed by atoms with van der Waals surface area (Å²) in [5, 5.41) is 7.93. The van der Waals surface area contributed by atoms with Gasteiger partial charge in [-0.1, -0.05) is 23.4 Å². The molecule has 4 rings (SSSR count). The molecule has 1 aliphatic heterocycles. The van der Waals surface area contributed by atoms with Gasteiger partial charge in [0, 0.05) is 19.6 Å². The molecule has 1 aliphatic rings. The van der Waals surface area contributed by atoms with Crippen molar-refractivity contribution < 1.29 is 18.8 Å². The number of nitrogens with zero attached hydrogens (tertiary/aromatic N) is 6. The molecule has 1 amide bonds. The Balaban J connectivity index is 1.60. The minimum Gasteiger partial charge on any atom is -0.466 e. The van der Waals surface area contributed by atoms with Crippen molar-refractivity contribution in [3.05, 3.63) is 57.1 Å². The number of hydrogen-bond donors (Lipinski definition) is 0. The number of carbonyl (C=O) groups excluding carboxylic acids is 2. The van der Waals surface area contributed by atoms with Crippen LogP contribution in [0.2, 0.25) is 0 Å². The number of carbonyl (C=O) groups is 2. The van der Waals surface area contributed by atoms with Crippen molar-refractivity contribution in [2.75, 3.05) is 19.7 Å². The van der Waals surface area contributed by atoms with E-state index in [9.17, 15) is 19.2 Å². The number of rotatable bonds is 6. The van der Waals surface area contributed by atoms with Gasteiger partial charge in [-0.05, 0) is 38.8 Å². The molecular formula is C22H24N6O6. The van der Waals surface area contributed by atoms with Crippen LogP contribution in [0.3, 0.4) is 0 Å². The summed E-state index contributed by atoms with van der Waals surface area (Å²) < 4.78 is 12.3. The number of hydrogen-bond acceptors (Lipinski definition) is 9. The Bertz CT molecular complexity index is 1300. The number of para-hydroxylation sites is 1. The van der Waals surface area contributed by atoms with Crippen molar-refractivity contribution in [1.29, 1.82) is 0 Å². The van der Waals surface area contributed by atoms with Gasteiger partial charge in [0.1, 0.15) is 0 Å². The molecule has 1 aromatic carbocycles. The van der Waals surface area contributed by atoms with Gasteiger partial charge in [-0.2, -0.15) is 14.8 Å². The fraction of sp³-hybridized carbons (Fsp3) is 0.409. The minimum atomic E-state index is -0.685. The third-order valence-corrected chi connectivity index (χ3v) is 5.60. The quantitative estimate of drug-likeness (QED) is 0.482. The van der Waals surface area contributed by atoms with Crippen LogP contribution in [0.15, 0.2) is 44.4 Å². The van der Waals surface area contributed by atoms with Crippen molar-refractivity contribution in [2.45, 2.75) is 33.2 Å². The van der Waals surface area contributed by atoms with Gasteiger partial charge in [0.15, 0.2) is 5.69 Å². The number of aromatic nitrogens is 5. The number of amides is 1. The van der Waals surface area contributed by atoms with E-state index < -0.39 is 17.2 Å². The Hall–Kier alpha value is -4.09. The second-order valence-electron chi connectivity index (χ2n) is 7.67. The zero-order chi connectivity index (χ0) is 24.2.